The first kappa shape index (κ1) is 16.5. The minimum absolute atomic E-state index is 0.0845. The highest BCUT2D eigenvalue weighted by molar-refractivity contribution is 5.04. The standard InChI is InChI=1S/C16H29N3O2/c1-16(2,3)17-10-13-9-15(21-18-13)12-20-11-14-7-5-6-8-19(14)4/h9,14,17H,5-8,10-12H2,1-4H3. The molecule has 0 spiro atoms. The molecule has 1 N–H and O–H groups in total. The van der Waals surface area contributed by atoms with Gasteiger partial charge < -0.3 is 19.5 Å². The molecule has 5 nitrogen and oxygen atoms in total. The fourth-order valence-electron chi connectivity index (χ4n) is 2.51. The zero-order valence-electron chi connectivity index (χ0n) is 13.8. The molecule has 1 aromatic rings. The third kappa shape index (κ3) is 5.77. The molecule has 0 aliphatic carbocycles. The third-order valence-electron chi connectivity index (χ3n) is 3.88. The summed E-state index contributed by atoms with van der Waals surface area (Å²) in [6.07, 6.45) is 3.84. The molecule has 1 fully saturated rings. The third-order valence-corrected chi connectivity index (χ3v) is 3.88. The molecule has 0 radical (unpaired) electrons. The Morgan fingerprint density at radius 3 is 2.95 bits per heavy atom. The van der Waals surface area contributed by atoms with Crippen molar-refractivity contribution in [3.8, 4) is 0 Å². The summed E-state index contributed by atoms with van der Waals surface area (Å²) in [6, 6.07) is 2.52. The Kier molecular flexibility index (Phi) is 5.79. The van der Waals surface area contributed by atoms with Crippen molar-refractivity contribution in [2.45, 2.75) is 64.8 Å². The van der Waals surface area contributed by atoms with Crippen LogP contribution in [-0.2, 0) is 17.9 Å². The minimum Gasteiger partial charge on any atom is -0.372 e. The Morgan fingerprint density at radius 1 is 1.43 bits per heavy atom. The molecular formula is C16H29N3O2. The van der Waals surface area contributed by atoms with Crippen molar-refractivity contribution < 1.29 is 9.26 Å². The van der Waals surface area contributed by atoms with Gasteiger partial charge in [-0.25, -0.2) is 0 Å². The van der Waals surface area contributed by atoms with Crippen LogP contribution in [0.5, 0.6) is 0 Å². The second-order valence-corrected chi connectivity index (χ2v) is 7.03. The number of rotatable bonds is 6. The van der Waals surface area contributed by atoms with Crippen LogP contribution < -0.4 is 5.32 Å². The van der Waals surface area contributed by atoms with Gasteiger partial charge in [0.2, 0.25) is 0 Å². The maximum absolute atomic E-state index is 5.79. The zero-order chi connectivity index (χ0) is 15.3. The van der Waals surface area contributed by atoms with E-state index < -0.39 is 0 Å². The summed E-state index contributed by atoms with van der Waals surface area (Å²) >= 11 is 0. The lowest BCUT2D eigenvalue weighted by Crippen LogP contribution is -2.39. The number of aromatic nitrogens is 1. The SMILES string of the molecule is CN1CCCCC1COCc1cc(CNC(C)(C)C)no1. The van der Waals surface area contributed by atoms with E-state index in [1.807, 2.05) is 6.07 Å². The number of hydrogen-bond acceptors (Lipinski definition) is 5. The second kappa shape index (κ2) is 7.38. The summed E-state index contributed by atoms with van der Waals surface area (Å²) in [5, 5.41) is 7.47. The van der Waals surface area contributed by atoms with Crippen LogP contribution in [0, 0.1) is 0 Å². The fourth-order valence-corrected chi connectivity index (χ4v) is 2.51. The van der Waals surface area contributed by atoms with E-state index in [9.17, 15) is 0 Å². The number of likely N-dealkylation sites (N-methyl/N-ethyl adjacent to an activating group) is 1. The molecule has 1 aromatic heterocycles. The molecular weight excluding hydrogens is 266 g/mol. The van der Waals surface area contributed by atoms with Gasteiger partial charge in [-0.3, -0.25) is 0 Å². The average molecular weight is 295 g/mol. The number of nitrogens with one attached hydrogen (secondary N) is 1. The molecule has 1 aliphatic rings. The molecule has 0 saturated carbocycles. The Hall–Kier alpha value is -0.910. The average Bonchev–Trinajstić information content (AvgIpc) is 2.86. The molecule has 0 bridgehead atoms. The number of hydrogen-bond donors (Lipinski definition) is 1. The van der Waals surface area contributed by atoms with E-state index in [4.69, 9.17) is 9.26 Å². The number of likely N-dealkylation sites (tertiary alicyclic amines) is 1. The number of ether oxygens (including phenoxy) is 1. The Labute approximate surface area is 128 Å². The molecule has 0 amide bonds. The lowest BCUT2D eigenvalue weighted by molar-refractivity contribution is 0.0354. The largest absolute Gasteiger partial charge is 0.372 e. The van der Waals surface area contributed by atoms with Gasteiger partial charge in [-0.1, -0.05) is 11.6 Å². The van der Waals surface area contributed by atoms with Crippen LogP contribution in [0.2, 0.25) is 0 Å². The fraction of sp³-hybridized carbons (Fsp3) is 0.812. The summed E-state index contributed by atoms with van der Waals surface area (Å²) in [4.78, 5) is 2.39. The van der Waals surface area contributed by atoms with Crippen LogP contribution >= 0.6 is 0 Å². The first-order valence-corrected chi connectivity index (χ1v) is 7.91. The lowest BCUT2D eigenvalue weighted by atomic mass is 10.0. The second-order valence-electron chi connectivity index (χ2n) is 7.03. The smallest absolute Gasteiger partial charge is 0.162 e. The van der Waals surface area contributed by atoms with Gasteiger partial charge in [0, 0.05) is 24.2 Å². The van der Waals surface area contributed by atoms with Gasteiger partial charge in [0.1, 0.15) is 6.61 Å². The van der Waals surface area contributed by atoms with Crippen LogP contribution in [0.1, 0.15) is 51.5 Å². The van der Waals surface area contributed by atoms with Gasteiger partial charge in [0.05, 0.1) is 12.3 Å². The highest BCUT2D eigenvalue weighted by Gasteiger charge is 2.19. The molecule has 1 aliphatic heterocycles. The molecule has 2 heterocycles. The Morgan fingerprint density at radius 2 is 2.24 bits per heavy atom. The monoisotopic (exact) mass is 295 g/mol. The van der Waals surface area contributed by atoms with E-state index in [1.165, 1.54) is 25.8 Å². The van der Waals surface area contributed by atoms with Gasteiger partial charge in [-0.05, 0) is 47.2 Å². The molecule has 5 heteroatoms. The van der Waals surface area contributed by atoms with E-state index in [2.05, 4.69) is 43.2 Å². The molecule has 120 valence electrons. The number of nitrogens with zero attached hydrogens (tertiary/aromatic N) is 2. The summed E-state index contributed by atoms with van der Waals surface area (Å²) < 4.78 is 11.1. The normalized spacial score (nSPS) is 20.9. The molecule has 1 atom stereocenters. The Balaban J connectivity index is 1.70. The summed E-state index contributed by atoms with van der Waals surface area (Å²) in [6.45, 7) is 9.59. The van der Waals surface area contributed by atoms with Crippen molar-refractivity contribution in [1.29, 1.82) is 0 Å². The topological polar surface area (TPSA) is 50.5 Å². The quantitative estimate of drug-likeness (QED) is 0.874. The molecule has 21 heavy (non-hydrogen) atoms. The van der Waals surface area contributed by atoms with Gasteiger partial charge in [0.25, 0.3) is 0 Å². The lowest BCUT2D eigenvalue weighted by Gasteiger charge is -2.31. The predicted molar refractivity (Wildman–Crippen MR) is 83.0 cm³/mol. The van der Waals surface area contributed by atoms with Gasteiger partial charge >= 0.3 is 0 Å². The van der Waals surface area contributed by atoms with Crippen molar-refractivity contribution >= 4 is 0 Å². The molecule has 1 unspecified atom stereocenters. The van der Waals surface area contributed by atoms with E-state index in [0.717, 1.165) is 24.6 Å². The summed E-state index contributed by atoms with van der Waals surface area (Å²) in [5.74, 6) is 0.805. The molecule has 0 aromatic carbocycles. The maximum atomic E-state index is 5.79. The first-order chi connectivity index (χ1) is 9.94. The summed E-state index contributed by atoms with van der Waals surface area (Å²) in [5.41, 5.74) is 1.01. The van der Waals surface area contributed by atoms with Crippen molar-refractivity contribution in [1.82, 2.24) is 15.4 Å². The highest BCUT2D eigenvalue weighted by Crippen LogP contribution is 2.16. The van der Waals surface area contributed by atoms with Crippen LogP contribution in [0.4, 0.5) is 0 Å². The van der Waals surface area contributed by atoms with Crippen LogP contribution in [0.25, 0.3) is 0 Å². The van der Waals surface area contributed by atoms with E-state index >= 15 is 0 Å². The molecule has 2 rings (SSSR count). The van der Waals surface area contributed by atoms with Crippen LogP contribution in [0.3, 0.4) is 0 Å². The molecule has 1 saturated heterocycles. The first-order valence-electron chi connectivity index (χ1n) is 7.91. The van der Waals surface area contributed by atoms with Gasteiger partial charge in [0.15, 0.2) is 5.76 Å². The van der Waals surface area contributed by atoms with Crippen molar-refractivity contribution in [3.63, 3.8) is 0 Å². The van der Waals surface area contributed by atoms with Crippen molar-refractivity contribution in [3.05, 3.63) is 17.5 Å². The van der Waals surface area contributed by atoms with Gasteiger partial charge in [-0.2, -0.15) is 0 Å². The van der Waals surface area contributed by atoms with E-state index in [-0.39, 0.29) is 5.54 Å². The Bertz CT molecular complexity index is 425. The van der Waals surface area contributed by atoms with Crippen LogP contribution in [-0.4, -0.2) is 41.8 Å². The maximum Gasteiger partial charge on any atom is 0.162 e. The van der Waals surface area contributed by atoms with Crippen LogP contribution in [0.15, 0.2) is 10.6 Å². The van der Waals surface area contributed by atoms with Gasteiger partial charge in [-0.15, -0.1) is 0 Å². The highest BCUT2D eigenvalue weighted by atomic mass is 16.5. The summed E-state index contributed by atoms with van der Waals surface area (Å²) in [7, 11) is 2.18. The van der Waals surface area contributed by atoms with Crippen molar-refractivity contribution in [2.24, 2.45) is 0 Å². The zero-order valence-corrected chi connectivity index (χ0v) is 13.8. The number of piperidine rings is 1. The van der Waals surface area contributed by atoms with Crippen molar-refractivity contribution in [2.75, 3.05) is 20.2 Å². The predicted octanol–water partition coefficient (Wildman–Crippen LogP) is 2.56. The van der Waals surface area contributed by atoms with E-state index in [0.29, 0.717) is 12.6 Å². The van der Waals surface area contributed by atoms with E-state index in [1.54, 1.807) is 0 Å². The minimum atomic E-state index is 0.0845.